The van der Waals surface area contributed by atoms with Crippen LogP contribution in [0.15, 0.2) is 66.9 Å². The third-order valence-electron chi connectivity index (χ3n) is 7.08. The Morgan fingerprint density at radius 2 is 1.56 bits per heavy atom. The van der Waals surface area contributed by atoms with E-state index < -0.39 is 0 Å². The van der Waals surface area contributed by atoms with Gasteiger partial charge in [0.1, 0.15) is 17.5 Å². The second-order valence-corrected chi connectivity index (χ2v) is 9.85. The van der Waals surface area contributed by atoms with Crippen LogP contribution in [0.2, 0.25) is 0 Å². The maximum absolute atomic E-state index is 12.8. The zero-order valence-electron chi connectivity index (χ0n) is 21.4. The van der Waals surface area contributed by atoms with Crippen molar-refractivity contribution in [2.75, 3.05) is 26.2 Å². The number of nitrogens with one attached hydrogen (secondary N) is 1. The van der Waals surface area contributed by atoms with Gasteiger partial charge in [-0.1, -0.05) is 12.1 Å². The Balaban J connectivity index is 1.05. The molecule has 0 aliphatic carbocycles. The first-order valence-corrected chi connectivity index (χ1v) is 12.9. The minimum atomic E-state index is -0.237. The van der Waals surface area contributed by atoms with Crippen LogP contribution in [0.4, 0.5) is 0 Å². The summed E-state index contributed by atoms with van der Waals surface area (Å²) < 4.78 is 5.85. The van der Waals surface area contributed by atoms with Gasteiger partial charge in [-0.3, -0.25) is 19.5 Å². The lowest BCUT2D eigenvalue weighted by atomic mass is 10.0. The minimum absolute atomic E-state index is 0.0759. The number of carbonyl (C=O) groups excluding carboxylic acids is 2. The topological polar surface area (TPSA) is 122 Å². The van der Waals surface area contributed by atoms with Crippen LogP contribution in [-0.2, 0) is 6.54 Å². The lowest BCUT2D eigenvalue weighted by Crippen LogP contribution is -2.56. The molecule has 0 spiro atoms. The third kappa shape index (κ3) is 6.40. The highest BCUT2D eigenvalue weighted by atomic mass is 16.5. The molecule has 2 aliphatic rings. The second-order valence-electron chi connectivity index (χ2n) is 9.85. The van der Waals surface area contributed by atoms with E-state index in [0.717, 1.165) is 32.5 Å². The number of ether oxygens (including phenoxy) is 1. The van der Waals surface area contributed by atoms with E-state index in [1.54, 1.807) is 41.3 Å². The van der Waals surface area contributed by atoms with Crippen molar-refractivity contribution >= 4 is 11.8 Å². The number of hydrogen-bond acceptors (Lipinski definition) is 7. The van der Waals surface area contributed by atoms with Crippen molar-refractivity contribution in [1.29, 1.82) is 10.5 Å². The van der Waals surface area contributed by atoms with Gasteiger partial charge in [0.05, 0.1) is 41.9 Å². The summed E-state index contributed by atoms with van der Waals surface area (Å²) in [4.78, 5) is 33.8. The average Bonchev–Trinajstić information content (AvgIpc) is 2.96. The molecule has 2 fully saturated rings. The fourth-order valence-corrected chi connectivity index (χ4v) is 4.75. The van der Waals surface area contributed by atoms with Gasteiger partial charge in [0.15, 0.2) is 0 Å². The van der Waals surface area contributed by atoms with Crippen LogP contribution in [0.5, 0.6) is 5.75 Å². The minimum Gasteiger partial charge on any atom is -0.487 e. The number of hydrogen-bond donors (Lipinski definition) is 1. The first kappa shape index (κ1) is 25.9. The number of piperidine rings is 1. The third-order valence-corrected chi connectivity index (χ3v) is 7.08. The highest BCUT2D eigenvalue weighted by molar-refractivity contribution is 5.96. The molecule has 1 aromatic heterocycles. The Morgan fingerprint density at radius 1 is 0.923 bits per heavy atom. The molecule has 0 saturated carbocycles. The highest BCUT2D eigenvalue weighted by Gasteiger charge is 2.33. The van der Waals surface area contributed by atoms with E-state index in [1.165, 1.54) is 11.8 Å². The van der Waals surface area contributed by atoms with E-state index in [2.05, 4.69) is 27.3 Å². The van der Waals surface area contributed by atoms with Crippen molar-refractivity contribution in [2.24, 2.45) is 0 Å². The zero-order valence-corrected chi connectivity index (χ0v) is 21.4. The predicted molar refractivity (Wildman–Crippen MR) is 143 cm³/mol. The van der Waals surface area contributed by atoms with Gasteiger partial charge in [-0.25, -0.2) is 0 Å². The molecule has 3 aromatic rings. The van der Waals surface area contributed by atoms with Crippen molar-refractivity contribution in [1.82, 2.24) is 20.1 Å². The van der Waals surface area contributed by atoms with Crippen LogP contribution < -0.4 is 10.1 Å². The summed E-state index contributed by atoms with van der Waals surface area (Å²) in [5.74, 6) is 0.281. The maximum atomic E-state index is 12.8. The average molecular weight is 521 g/mol. The first-order valence-electron chi connectivity index (χ1n) is 12.9. The molecular formula is C30H28N6O3. The molecule has 1 N–H and O–H groups in total. The Kier molecular flexibility index (Phi) is 7.81. The van der Waals surface area contributed by atoms with Gasteiger partial charge in [-0.05, 0) is 66.9 Å². The zero-order chi connectivity index (χ0) is 27.2. The van der Waals surface area contributed by atoms with Crippen LogP contribution in [0, 0.1) is 22.7 Å². The van der Waals surface area contributed by atoms with Gasteiger partial charge in [-0.2, -0.15) is 10.5 Å². The van der Waals surface area contributed by atoms with Gasteiger partial charge >= 0.3 is 0 Å². The van der Waals surface area contributed by atoms with Crippen LogP contribution in [-0.4, -0.2) is 64.9 Å². The van der Waals surface area contributed by atoms with Crippen molar-refractivity contribution < 1.29 is 14.3 Å². The van der Waals surface area contributed by atoms with Crippen molar-refractivity contribution in [3.05, 3.63) is 94.8 Å². The fraction of sp³-hybridized carbons (Fsp3) is 0.300. The normalized spacial score (nSPS) is 16.0. The number of likely N-dealkylation sites (tertiary alicyclic amines) is 2. The molecule has 3 heterocycles. The van der Waals surface area contributed by atoms with E-state index in [9.17, 15) is 9.59 Å². The van der Waals surface area contributed by atoms with Gasteiger partial charge in [0.2, 0.25) is 0 Å². The molecule has 2 saturated heterocycles. The van der Waals surface area contributed by atoms with Gasteiger partial charge in [-0.15, -0.1) is 0 Å². The van der Waals surface area contributed by atoms with Crippen LogP contribution in [0.3, 0.4) is 0 Å². The van der Waals surface area contributed by atoms with Crippen LogP contribution >= 0.6 is 0 Å². The fourth-order valence-electron chi connectivity index (χ4n) is 4.75. The molecule has 196 valence electrons. The van der Waals surface area contributed by atoms with Crippen molar-refractivity contribution in [2.45, 2.75) is 31.5 Å². The molecule has 0 atom stereocenters. The Morgan fingerprint density at radius 3 is 2.15 bits per heavy atom. The molecule has 2 aromatic carbocycles. The Bertz CT molecular complexity index is 1390. The molecule has 39 heavy (non-hydrogen) atoms. The summed E-state index contributed by atoms with van der Waals surface area (Å²) in [6.45, 7) is 3.49. The predicted octanol–water partition coefficient (Wildman–Crippen LogP) is 3.12. The lowest BCUT2D eigenvalue weighted by Gasteiger charge is -2.39. The molecule has 9 heteroatoms. The standard InChI is InChI=1S/C30H28N6O3/c31-15-21-1-3-23(4-2-21)18-35-13-11-25(12-14-35)34-29(37)28-10-7-24(17-33-28)30(38)36-19-27(20-36)39-26-8-5-22(16-32)6-9-26/h1-10,17,25,27H,11-14,18-20H2,(H,34,37). The summed E-state index contributed by atoms with van der Waals surface area (Å²) in [6, 6.07) is 22.0. The quantitative estimate of drug-likeness (QED) is 0.508. The van der Waals surface area contributed by atoms with Crippen molar-refractivity contribution in [3.8, 4) is 17.9 Å². The summed E-state index contributed by atoms with van der Waals surface area (Å²) >= 11 is 0. The highest BCUT2D eigenvalue weighted by Crippen LogP contribution is 2.21. The molecule has 2 amide bonds. The number of pyridine rings is 1. The summed E-state index contributed by atoms with van der Waals surface area (Å²) in [7, 11) is 0. The van der Waals surface area contributed by atoms with Gasteiger partial charge in [0.25, 0.3) is 11.8 Å². The summed E-state index contributed by atoms with van der Waals surface area (Å²) in [6.07, 6.45) is 3.04. The van der Waals surface area contributed by atoms with E-state index in [4.69, 9.17) is 15.3 Å². The first-order chi connectivity index (χ1) is 19.0. The molecule has 0 unspecified atom stereocenters. The molecule has 2 aliphatic heterocycles. The molecular weight excluding hydrogens is 492 g/mol. The lowest BCUT2D eigenvalue weighted by molar-refractivity contribution is 0.0177. The number of rotatable bonds is 7. The Labute approximate surface area is 227 Å². The van der Waals surface area contributed by atoms with Crippen molar-refractivity contribution in [3.63, 3.8) is 0 Å². The van der Waals surface area contributed by atoms with E-state index in [0.29, 0.717) is 35.5 Å². The Hall–Kier alpha value is -4.73. The number of nitrogens with zero attached hydrogens (tertiary/aromatic N) is 5. The number of benzene rings is 2. The molecule has 9 nitrogen and oxygen atoms in total. The smallest absolute Gasteiger partial charge is 0.270 e. The SMILES string of the molecule is N#Cc1ccc(CN2CCC(NC(=O)c3ccc(C(=O)N4CC(Oc5ccc(C#N)cc5)C4)cn3)CC2)cc1. The number of carbonyl (C=O) groups is 2. The molecule has 5 rings (SSSR count). The van der Waals surface area contributed by atoms with Gasteiger partial charge < -0.3 is 15.0 Å². The summed E-state index contributed by atoms with van der Waals surface area (Å²) in [5.41, 5.74) is 3.12. The van der Waals surface area contributed by atoms with E-state index in [1.807, 2.05) is 24.3 Å². The number of aromatic nitrogens is 1. The number of amides is 2. The van der Waals surface area contributed by atoms with Crippen LogP contribution in [0.1, 0.15) is 50.4 Å². The number of nitriles is 2. The maximum Gasteiger partial charge on any atom is 0.270 e. The second kappa shape index (κ2) is 11.8. The van der Waals surface area contributed by atoms with E-state index >= 15 is 0 Å². The molecule has 0 radical (unpaired) electrons. The van der Waals surface area contributed by atoms with E-state index in [-0.39, 0.29) is 29.7 Å². The largest absolute Gasteiger partial charge is 0.487 e. The monoisotopic (exact) mass is 520 g/mol. The van der Waals surface area contributed by atoms with Gasteiger partial charge in [0, 0.05) is 31.9 Å². The van der Waals surface area contributed by atoms with Crippen LogP contribution in [0.25, 0.3) is 0 Å². The molecule has 0 bridgehead atoms. The summed E-state index contributed by atoms with van der Waals surface area (Å²) in [5, 5.41) is 20.9.